The minimum absolute atomic E-state index is 0.0476. The zero-order valence-corrected chi connectivity index (χ0v) is 12.5. The first-order valence-corrected chi connectivity index (χ1v) is 8.87. The monoisotopic (exact) mass is 291 g/mol. The molecule has 2 atom stereocenters. The number of nitrogens with zero attached hydrogens (tertiary/aromatic N) is 1. The summed E-state index contributed by atoms with van der Waals surface area (Å²) in [6, 6.07) is 0. The van der Waals surface area contributed by atoms with E-state index in [-0.39, 0.29) is 18.3 Å². The highest BCUT2D eigenvalue weighted by atomic mass is 32.2. The van der Waals surface area contributed by atoms with Crippen LogP contribution in [0.15, 0.2) is 0 Å². The highest BCUT2D eigenvalue weighted by Crippen LogP contribution is 2.40. The van der Waals surface area contributed by atoms with Gasteiger partial charge in [0.05, 0.1) is 18.0 Å². The zero-order valence-electron chi connectivity index (χ0n) is 11.7. The van der Waals surface area contributed by atoms with E-state index in [1.54, 1.807) is 4.31 Å². The smallest absolute Gasteiger partial charge is 0.216 e. The standard InChI is InChI=1S/C13H25NO4S/c1-2-18-9-10-19(16,17)14-8-7-13(15)6-4-3-5-12(13)11-14/h12,15H,2-11H2,1H3. The van der Waals surface area contributed by atoms with Gasteiger partial charge < -0.3 is 9.84 Å². The van der Waals surface area contributed by atoms with E-state index in [0.717, 1.165) is 25.7 Å². The van der Waals surface area contributed by atoms with E-state index in [2.05, 4.69) is 0 Å². The lowest BCUT2D eigenvalue weighted by Gasteiger charge is -2.46. The minimum Gasteiger partial charge on any atom is -0.390 e. The molecule has 0 radical (unpaired) electrons. The van der Waals surface area contributed by atoms with Gasteiger partial charge in [-0.3, -0.25) is 0 Å². The molecule has 2 unspecified atom stereocenters. The largest absolute Gasteiger partial charge is 0.390 e. The second kappa shape index (κ2) is 6.08. The Labute approximate surface area is 116 Å². The van der Waals surface area contributed by atoms with Crippen LogP contribution >= 0.6 is 0 Å². The maximum Gasteiger partial charge on any atom is 0.216 e. The molecule has 19 heavy (non-hydrogen) atoms. The van der Waals surface area contributed by atoms with Crippen molar-refractivity contribution >= 4 is 10.0 Å². The number of sulfonamides is 1. The number of rotatable bonds is 5. The van der Waals surface area contributed by atoms with Crippen molar-refractivity contribution in [1.29, 1.82) is 0 Å². The van der Waals surface area contributed by atoms with E-state index in [9.17, 15) is 13.5 Å². The number of piperidine rings is 1. The number of ether oxygens (including phenoxy) is 1. The molecule has 6 heteroatoms. The van der Waals surface area contributed by atoms with Gasteiger partial charge in [-0.25, -0.2) is 12.7 Å². The summed E-state index contributed by atoms with van der Waals surface area (Å²) >= 11 is 0. The molecule has 0 aromatic heterocycles. The van der Waals surface area contributed by atoms with Gasteiger partial charge in [0.15, 0.2) is 0 Å². The van der Waals surface area contributed by atoms with Crippen LogP contribution in [-0.4, -0.2) is 55.5 Å². The molecule has 1 N–H and O–H groups in total. The van der Waals surface area contributed by atoms with Crippen LogP contribution in [0.5, 0.6) is 0 Å². The average molecular weight is 291 g/mol. The Hall–Kier alpha value is -0.170. The van der Waals surface area contributed by atoms with E-state index in [1.807, 2.05) is 6.92 Å². The first-order valence-electron chi connectivity index (χ1n) is 7.26. The number of fused-ring (bicyclic) bond motifs is 1. The van der Waals surface area contributed by atoms with E-state index in [0.29, 0.717) is 26.1 Å². The molecule has 1 saturated carbocycles. The fourth-order valence-electron chi connectivity index (χ4n) is 3.23. The van der Waals surface area contributed by atoms with Gasteiger partial charge >= 0.3 is 0 Å². The molecule has 1 saturated heterocycles. The van der Waals surface area contributed by atoms with Crippen molar-refractivity contribution in [1.82, 2.24) is 4.31 Å². The lowest BCUT2D eigenvalue weighted by atomic mass is 9.72. The van der Waals surface area contributed by atoms with Crippen LogP contribution in [0.3, 0.4) is 0 Å². The topological polar surface area (TPSA) is 66.8 Å². The normalized spacial score (nSPS) is 33.1. The molecule has 0 amide bonds. The highest BCUT2D eigenvalue weighted by molar-refractivity contribution is 7.89. The van der Waals surface area contributed by atoms with Crippen molar-refractivity contribution in [2.24, 2.45) is 5.92 Å². The molecule has 1 heterocycles. The number of aliphatic hydroxyl groups is 1. The minimum atomic E-state index is -3.24. The Morgan fingerprint density at radius 1 is 1.37 bits per heavy atom. The van der Waals surface area contributed by atoms with Crippen molar-refractivity contribution in [3.8, 4) is 0 Å². The van der Waals surface area contributed by atoms with Gasteiger partial charge in [-0.15, -0.1) is 0 Å². The molecule has 112 valence electrons. The van der Waals surface area contributed by atoms with Crippen LogP contribution in [-0.2, 0) is 14.8 Å². The average Bonchev–Trinajstić information content (AvgIpc) is 2.37. The summed E-state index contributed by atoms with van der Waals surface area (Å²) in [5, 5.41) is 10.5. The summed E-state index contributed by atoms with van der Waals surface area (Å²) < 4.78 is 31.1. The van der Waals surface area contributed by atoms with Crippen molar-refractivity contribution in [2.45, 2.75) is 44.6 Å². The Bertz CT molecular complexity index is 397. The molecular formula is C13H25NO4S. The first kappa shape index (κ1) is 15.2. The Balaban J connectivity index is 1.96. The fourth-order valence-corrected chi connectivity index (χ4v) is 4.59. The third-order valence-corrected chi connectivity index (χ3v) is 6.27. The lowest BCUT2D eigenvalue weighted by Crippen LogP contribution is -2.55. The zero-order chi connectivity index (χ0) is 13.9. The van der Waals surface area contributed by atoms with Crippen LogP contribution in [0, 0.1) is 5.92 Å². The predicted octanol–water partition coefficient (Wildman–Crippen LogP) is 0.980. The molecule has 0 bridgehead atoms. The van der Waals surface area contributed by atoms with E-state index in [1.165, 1.54) is 0 Å². The summed E-state index contributed by atoms with van der Waals surface area (Å²) in [5.41, 5.74) is -0.621. The SMILES string of the molecule is CCOCCS(=O)(=O)N1CCC2(O)CCCCC2C1. The summed E-state index contributed by atoms with van der Waals surface area (Å²) in [5.74, 6) is 0.156. The summed E-state index contributed by atoms with van der Waals surface area (Å²) in [4.78, 5) is 0. The molecule has 1 aliphatic carbocycles. The maximum atomic E-state index is 12.2. The lowest BCUT2D eigenvalue weighted by molar-refractivity contribution is -0.0817. The van der Waals surface area contributed by atoms with Gasteiger partial charge in [-0.05, 0) is 26.2 Å². The molecule has 5 nitrogen and oxygen atoms in total. The first-order chi connectivity index (χ1) is 8.98. The molecule has 2 rings (SSSR count). The molecule has 0 aromatic carbocycles. The predicted molar refractivity (Wildman–Crippen MR) is 73.4 cm³/mol. The summed E-state index contributed by atoms with van der Waals surface area (Å²) in [6.07, 6.45) is 4.49. The van der Waals surface area contributed by atoms with Gasteiger partial charge in [0.1, 0.15) is 0 Å². The third kappa shape index (κ3) is 3.48. The molecule has 2 aliphatic rings. The summed E-state index contributed by atoms with van der Waals surface area (Å²) in [7, 11) is -3.24. The summed E-state index contributed by atoms with van der Waals surface area (Å²) in [6.45, 7) is 3.57. The van der Waals surface area contributed by atoms with Crippen LogP contribution in [0.1, 0.15) is 39.0 Å². The number of hydrogen-bond acceptors (Lipinski definition) is 4. The molecular weight excluding hydrogens is 266 g/mol. The van der Waals surface area contributed by atoms with Crippen LogP contribution in [0.25, 0.3) is 0 Å². The van der Waals surface area contributed by atoms with Gasteiger partial charge in [-0.1, -0.05) is 12.8 Å². The maximum absolute atomic E-state index is 12.2. The second-order valence-electron chi connectivity index (χ2n) is 5.67. The van der Waals surface area contributed by atoms with Gasteiger partial charge in [0.25, 0.3) is 0 Å². The fraction of sp³-hybridized carbons (Fsp3) is 1.00. The van der Waals surface area contributed by atoms with Crippen LogP contribution in [0.2, 0.25) is 0 Å². The van der Waals surface area contributed by atoms with Crippen molar-refractivity contribution in [3.05, 3.63) is 0 Å². The van der Waals surface area contributed by atoms with Crippen LogP contribution < -0.4 is 0 Å². The third-order valence-electron chi connectivity index (χ3n) is 4.47. The quantitative estimate of drug-likeness (QED) is 0.767. The Morgan fingerprint density at radius 2 is 2.16 bits per heavy atom. The molecule has 2 fully saturated rings. The van der Waals surface area contributed by atoms with Gasteiger partial charge in [0, 0.05) is 25.6 Å². The van der Waals surface area contributed by atoms with Gasteiger partial charge in [-0.2, -0.15) is 0 Å². The van der Waals surface area contributed by atoms with E-state index < -0.39 is 15.6 Å². The van der Waals surface area contributed by atoms with Crippen molar-refractivity contribution in [3.63, 3.8) is 0 Å². The van der Waals surface area contributed by atoms with Crippen molar-refractivity contribution < 1.29 is 18.3 Å². The molecule has 1 aliphatic heterocycles. The Morgan fingerprint density at radius 3 is 2.89 bits per heavy atom. The molecule has 0 spiro atoms. The number of hydrogen-bond donors (Lipinski definition) is 1. The van der Waals surface area contributed by atoms with E-state index in [4.69, 9.17) is 4.74 Å². The molecule has 0 aromatic rings. The second-order valence-corrected chi connectivity index (χ2v) is 7.76. The highest BCUT2D eigenvalue weighted by Gasteiger charge is 2.45. The Kier molecular flexibility index (Phi) is 4.87. The van der Waals surface area contributed by atoms with Crippen LogP contribution in [0.4, 0.5) is 0 Å². The van der Waals surface area contributed by atoms with Gasteiger partial charge in [0.2, 0.25) is 10.0 Å². The van der Waals surface area contributed by atoms with E-state index >= 15 is 0 Å². The van der Waals surface area contributed by atoms with Crippen molar-refractivity contribution in [2.75, 3.05) is 32.1 Å².